The summed E-state index contributed by atoms with van der Waals surface area (Å²) >= 11 is 0. The van der Waals surface area contributed by atoms with Crippen LogP contribution in [0.5, 0.6) is 0 Å². The minimum atomic E-state index is 0.136. The molecule has 0 unspecified atom stereocenters. The number of rotatable bonds is 3. The molecule has 2 amide bonds. The highest BCUT2D eigenvalue weighted by atomic mass is 16.2. The van der Waals surface area contributed by atoms with Crippen LogP contribution in [0.15, 0.2) is 0 Å². The van der Waals surface area contributed by atoms with E-state index in [-0.39, 0.29) is 6.03 Å². The fourth-order valence-electron chi connectivity index (χ4n) is 2.92. The highest BCUT2D eigenvalue weighted by Gasteiger charge is 2.22. The van der Waals surface area contributed by atoms with Gasteiger partial charge in [0.25, 0.3) is 0 Å². The molecule has 5 nitrogen and oxygen atoms in total. The van der Waals surface area contributed by atoms with Gasteiger partial charge >= 0.3 is 6.03 Å². The Kier molecular flexibility index (Phi) is 5.26. The summed E-state index contributed by atoms with van der Waals surface area (Å²) in [6.45, 7) is 5.37. The Bertz CT molecular complexity index is 266. The summed E-state index contributed by atoms with van der Waals surface area (Å²) in [7, 11) is 0. The van der Waals surface area contributed by atoms with E-state index in [4.69, 9.17) is 5.73 Å². The molecule has 1 saturated heterocycles. The Labute approximate surface area is 110 Å². The molecule has 0 aromatic rings. The average Bonchev–Trinajstić information content (AvgIpc) is 2.74. The highest BCUT2D eigenvalue weighted by Crippen LogP contribution is 2.18. The third-order valence-electron chi connectivity index (χ3n) is 4.00. The Morgan fingerprint density at radius 2 is 1.89 bits per heavy atom. The molecule has 1 saturated carbocycles. The number of nitrogens with two attached hydrogens (primary N) is 1. The van der Waals surface area contributed by atoms with Crippen LogP contribution in [0.3, 0.4) is 0 Å². The lowest BCUT2D eigenvalue weighted by atomic mass is 10.2. The van der Waals surface area contributed by atoms with Crippen LogP contribution in [-0.2, 0) is 0 Å². The van der Waals surface area contributed by atoms with Gasteiger partial charge in [0.1, 0.15) is 0 Å². The van der Waals surface area contributed by atoms with Gasteiger partial charge in [-0.2, -0.15) is 0 Å². The predicted molar refractivity (Wildman–Crippen MR) is 72.5 cm³/mol. The van der Waals surface area contributed by atoms with Crippen molar-refractivity contribution in [3.63, 3.8) is 0 Å². The van der Waals surface area contributed by atoms with Gasteiger partial charge in [0, 0.05) is 38.8 Å². The number of nitrogens with one attached hydrogen (secondary N) is 1. The summed E-state index contributed by atoms with van der Waals surface area (Å²) in [6, 6.07) is 0.553. The van der Waals surface area contributed by atoms with Gasteiger partial charge in [-0.1, -0.05) is 12.8 Å². The molecule has 5 heteroatoms. The number of carbonyl (C=O) groups is 1. The van der Waals surface area contributed by atoms with Crippen LogP contribution < -0.4 is 11.1 Å². The summed E-state index contributed by atoms with van der Waals surface area (Å²) in [5.74, 6) is 0. The zero-order chi connectivity index (χ0) is 12.8. The van der Waals surface area contributed by atoms with E-state index in [2.05, 4.69) is 10.2 Å². The first-order valence-corrected chi connectivity index (χ1v) is 7.27. The largest absolute Gasteiger partial charge is 0.335 e. The minimum Gasteiger partial charge on any atom is -0.335 e. The van der Waals surface area contributed by atoms with Gasteiger partial charge in [-0.15, -0.1) is 0 Å². The first-order valence-electron chi connectivity index (χ1n) is 7.27. The second kappa shape index (κ2) is 6.95. The normalized spacial score (nSPS) is 23.1. The van der Waals surface area contributed by atoms with Crippen LogP contribution in [0.1, 0.15) is 32.1 Å². The maximum atomic E-state index is 12.1. The molecular weight excluding hydrogens is 228 g/mol. The van der Waals surface area contributed by atoms with Crippen molar-refractivity contribution in [2.24, 2.45) is 5.73 Å². The Morgan fingerprint density at radius 1 is 1.11 bits per heavy atom. The summed E-state index contributed by atoms with van der Waals surface area (Å²) in [6.07, 6.45) is 5.88. The predicted octanol–water partition coefficient (Wildman–Crippen LogP) is 0.605. The molecular formula is C13H26N4O. The molecule has 18 heavy (non-hydrogen) atoms. The van der Waals surface area contributed by atoms with Crippen molar-refractivity contribution in [2.75, 3.05) is 39.3 Å². The van der Waals surface area contributed by atoms with Crippen molar-refractivity contribution in [1.82, 2.24) is 15.1 Å². The Balaban J connectivity index is 1.76. The van der Waals surface area contributed by atoms with E-state index in [0.29, 0.717) is 12.6 Å². The van der Waals surface area contributed by atoms with Crippen molar-refractivity contribution in [1.29, 1.82) is 0 Å². The molecule has 0 aromatic carbocycles. The number of hydrogen-bond acceptors (Lipinski definition) is 3. The lowest BCUT2D eigenvalue weighted by Gasteiger charge is -2.24. The molecule has 1 aliphatic carbocycles. The van der Waals surface area contributed by atoms with Crippen LogP contribution in [0.4, 0.5) is 4.79 Å². The maximum Gasteiger partial charge on any atom is 0.317 e. The van der Waals surface area contributed by atoms with Gasteiger partial charge in [-0.3, -0.25) is 0 Å². The van der Waals surface area contributed by atoms with Gasteiger partial charge in [-0.05, 0) is 25.8 Å². The van der Waals surface area contributed by atoms with Crippen molar-refractivity contribution in [3.05, 3.63) is 0 Å². The Hall–Kier alpha value is -0.810. The van der Waals surface area contributed by atoms with Gasteiger partial charge in [0.15, 0.2) is 0 Å². The third kappa shape index (κ3) is 3.85. The van der Waals surface area contributed by atoms with E-state index in [1.165, 1.54) is 12.8 Å². The van der Waals surface area contributed by atoms with Gasteiger partial charge in [-0.25, -0.2) is 4.79 Å². The number of urea groups is 1. The molecule has 0 radical (unpaired) electrons. The molecule has 1 heterocycles. The van der Waals surface area contributed by atoms with Crippen LogP contribution in [0.25, 0.3) is 0 Å². The molecule has 0 atom stereocenters. The number of amides is 2. The SMILES string of the molecule is NCCN1CCCN(C(=O)NC2CCCC2)CC1. The fourth-order valence-corrected chi connectivity index (χ4v) is 2.92. The zero-order valence-electron chi connectivity index (χ0n) is 11.2. The van der Waals surface area contributed by atoms with Crippen LogP contribution >= 0.6 is 0 Å². The fraction of sp³-hybridized carbons (Fsp3) is 0.923. The molecule has 2 aliphatic rings. The van der Waals surface area contributed by atoms with Crippen molar-refractivity contribution in [3.8, 4) is 0 Å². The van der Waals surface area contributed by atoms with Crippen LogP contribution in [0, 0.1) is 0 Å². The highest BCUT2D eigenvalue weighted by molar-refractivity contribution is 5.74. The average molecular weight is 254 g/mol. The molecule has 0 aromatic heterocycles. The van der Waals surface area contributed by atoms with E-state index in [1.54, 1.807) is 0 Å². The number of carbonyl (C=O) groups excluding carboxylic acids is 1. The van der Waals surface area contributed by atoms with E-state index in [0.717, 1.165) is 52.0 Å². The molecule has 1 aliphatic heterocycles. The van der Waals surface area contributed by atoms with Gasteiger partial charge in [0.05, 0.1) is 0 Å². The molecule has 0 spiro atoms. The Morgan fingerprint density at radius 3 is 2.61 bits per heavy atom. The number of hydrogen-bond donors (Lipinski definition) is 2. The van der Waals surface area contributed by atoms with E-state index >= 15 is 0 Å². The first kappa shape index (κ1) is 13.6. The van der Waals surface area contributed by atoms with Crippen molar-refractivity contribution >= 4 is 6.03 Å². The molecule has 2 fully saturated rings. The summed E-state index contributed by atoms with van der Waals surface area (Å²) < 4.78 is 0. The van der Waals surface area contributed by atoms with Gasteiger partial charge < -0.3 is 20.9 Å². The quantitative estimate of drug-likeness (QED) is 0.775. The molecule has 2 rings (SSSR count). The second-order valence-electron chi connectivity index (χ2n) is 5.40. The van der Waals surface area contributed by atoms with Crippen LogP contribution in [-0.4, -0.2) is 61.1 Å². The summed E-state index contributed by atoms with van der Waals surface area (Å²) in [5.41, 5.74) is 5.58. The van der Waals surface area contributed by atoms with Crippen LogP contribution in [0.2, 0.25) is 0 Å². The topological polar surface area (TPSA) is 61.6 Å². The maximum absolute atomic E-state index is 12.1. The lowest BCUT2D eigenvalue weighted by molar-refractivity contribution is 0.194. The minimum absolute atomic E-state index is 0.136. The monoisotopic (exact) mass is 254 g/mol. The van der Waals surface area contributed by atoms with E-state index < -0.39 is 0 Å². The molecule has 3 N–H and O–H groups in total. The van der Waals surface area contributed by atoms with Crippen molar-refractivity contribution in [2.45, 2.75) is 38.1 Å². The first-order chi connectivity index (χ1) is 8.79. The standard InChI is InChI=1S/C13H26N4O/c14-6-9-16-7-3-8-17(11-10-16)13(18)15-12-4-1-2-5-12/h12H,1-11,14H2,(H,15,18). The zero-order valence-corrected chi connectivity index (χ0v) is 11.2. The second-order valence-corrected chi connectivity index (χ2v) is 5.40. The summed E-state index contributed by atoms with van der Waals surface area (Å²) in [5, 5.41) is 3.17. The van der Waals surface area contributed by atoms with E-state index in [9.17, 15) is 4.79 Å². The third-order valence-corrected chi connectivity index (χ3v) is 4.00. The van der Waals surface area contributed by atoms with Gasteiger partial charge in [0.2, 0.25) is 0 Å². The van der Waals surface area contributed by atoms with E-state index in [1.807, 2.05) is 4.90 Å². The molecule has 0 bridgehead atoms. The lowest BCUT2D eigenvalue weighted by Crippen LogP contribution is -2.45. The van der Waals surface area contributed by atoms with Crippen molar-refractivity contribution < 1.29 is 4.79 Å². The summed E-state index contributed by atoms with van der Waals surface area (Å²) in [4.78, 5) is 16.5. The molecule has 104 valence electrons. The number of nitrogens with zero attached hydrogens (tertiary/aromatic N) is 2. The smallest absolute Gasteiger partial charge is 0.317 e.